The number of alkyl halides is 3. The number of carbonyl (C=O) groups excluding carboxylic acids is 1. The SMILES string of the molecule is CC(C)CC(C)n1nccc1NC(=O)N1C[C@@H](C(F)(F)F)[C@H](C(=O)O)C1. The number of nitrogens with one attached hydrogen (secondary N) is 1. The normalized spacial score (nSPS) is 21.9. The van der Waals surface area contributed by atoms with Gasteiger partial charge in [0.1, 0.15) is 5.82 Å². The molecule has 2 amide bonds. The van der Waals surface area contributed by atoms with Crippen LogP contribution in [0.15, 0.2) is 12.3 Å². The van der Waals surface area contributed by atoms with Gasteiger partial charge in [0.2, 0.25) is 0 Å². The molecule has 2 N–H and O–H groups in total. The van der Waals surface area contributed by atoms with Gasteiger partial charge in [0.25, 0.3) is 0 Å². The number of likely N-dealkylation sites (tertiary alicyclic amines) is 1. The van der Waals surface area contributed by atoms with Crippen molar-refractivity contribution in [2.24, 2.45) is 17.8 Å². The first-order valence-corrected chi connectivity index (χ1v) is 8.39. The van der Waals surface area contributed by atoms with Crippen LogP contribution in [0.4, 0.5) is 23.8 Å². The molecule has 26 heavy (non-hydrogen) atoms. The number of aromatic nitrogens is 2. The van der Waals surface area contributed by atoms with Crippen LogP contribution in [-0.4, -0.2) is 51.1 Å². The summed E-state index contributed by atoms with van der Waals surface area (Å²) >= 11 is 0. The van der Waals surface area contributed by atoms with Crippen LogP contribution in [0.3, 0.4) is 0 Å². The summed E-state index contributed by atoms with van der Waals surface area (Å²) in [5.41, 5.74) is 0. The summed E-state index contributed by atoms with van der Waals surface area (Å²) in [5.74, 6) is -4.52. The summed E-state index contributed by atoms with van der Waals surface area (Å²) in [6, 6.07) is 0.788. The van der Waals surface area contributed by atoms with E-state index in [0.717, 1.165) is 11.3 Å². The molecule has 3 atom stereocenters. The molecule has 0 radical (unpaired) electrons. The van der Waals surface area contributed by atoms with Crippen LogP contribution in [-0.2, 0) is 4.79 Å². The average Bonchev–Trinajstić information content (AvgIpc) is 3.12. The van der Waals surface area contributed by atoms with Gasteiger partial charge in [-0.15, -0.1) is 0 Å². The van der Waals surface area contributed by atoms with E-state index in [1.165, 1.54) is 6.20 Å². The predicted molar refractivity (Wildman–Crippen MR) is 87.7 cm³/mol. The first-order chi connectivity index (χ1) is 12.0. The van der Waals surface area contributed by atoms with Gasteiger partial charge >= 0.3 is 18.2 Å². The van der Waals surface area contributed by atoms with Crippen molar-refractivity contribution in [3.8, 4) is 0 Å². The molecule has 0 aromatic carbocycles. The third kappa shape index (κ3) is 4.47. The molecule has 1 aromatic heterocycles. The van der Waals surface area contributed by atoms with E-state index in [9.17, 15) is 22.8 Å². The molecule has 2 rings (SSSR count). The number of nitrogens with zero attached hydrogens (tertiary/aromatic N) is 3. The first-order valence-electron chi connectivity index (χ1n) is 8.39. The summed E-state index contributed by atoms with van der Waals surface area (Å²) in [7, 11) is 0. The monoisotopic (exact) mass is 376 g/mol. The number of rotatable bonds is 5. The van der Waals surface area contributed by atoms with E-state index in [1.807, 2.05) is 20.8 Å². The zero-order valence-corrected chi connectivity index (χ0v) is 14.8. The fourth-order valence-corrected chi connectivity index (χ4v) is 3.29. The second kappa shape index (κ2) is 7.55. The third-order valence-corrected chi connectivity index (χ3v) is 4.48. The highest BCUT2D eigenvalue weighted by Gasteiger charge is 2.53. The Bertz CT molecular complexity index is 659. The van der Waals surface area contributed by atoms with Gasteiger partial charge in [-0.25, -0.2) is 9.48 Å². The van der Waals surface area contributed by atoms with Crippen molar-refractivity contribution < 1.29 is 27.9 Å². The molecule has 1 aromatic rings. The highest BCUT2D eigenvalue weighted by Crippen LogP contribution is 2.38. The number of carboxylic acids is 1. The molecule has 0 aliphatic carbocycles. The molecule has 2 heterocycles. The van der Waals surface area contributed by atoms with Crippen LogP contribution in [0.25, 0.3) is 0 Å². The highest BCUT2D eigenvalue weighted by atomic mass is 19.4. The maximum absolute atomic E-state index is 13.0. The van der Waals surface area contributed by atoms with Crippen LogP contribution in [0.2, 0.25) is 0 Å². The summed E-state index contributed by atoms with van der Waals surface area (Å²) in [5, 5.41) is 15.7. The Morgan fingerprint density at radius 3 is 2.50 bits per heavy atom. The van der Waals surface area contributed by atoms with Gasteiger partial charge in [-0.3, -0.25) is 10.1 Å². The molecule has 0 spiro atoms. The molecular formula is C16H23F3N4O3. The Balaban J connectivity index is 2.10. The molecule has 146 valence electrons. The van der Waals surface area contributed by atoms with E-state index in [-0.39, 0.29) is 6.04 Å². The largest absolute Gasteiger partial charge is 0.481 e. The van der Waals surface area contributed by atoms with Crippen LogP contribution < -0.4 is 5.32 Å². The van der Waals surface area contributed by atoms with Crippen molar-refractivity contribution >= 4 is 17.8 Å². The Kier molecular flexibility index (Phi) is 5.82. The molecule has 1 fully saturated rings. The number of urea groups is 1. The smallest absolute Gasteiger partial charge is 0.394 e. The van der Waals surface area contributed by atoms with Crippen molar-refractivity contribution in [3.05, 3.63) is 12.3 Å². The quantitative estimate of drug-likeness (QED) is 0.826. The number of aliphatic carboxylic acids is 1. The van der Waals surface area contributed by atoms with Crippen molar-refractivity contribution in [1.82, 2.24) is 14.7 Å². The maximum Gasteiger partial charge on any atom is 0.394 e. The van der Waals surface area contributed by atoms with Gasteiger partial charge in [-0.2, -0.15) is 18.3 Å². The summed E-state index contributed by atoms with van der Waals surface area (Å²) in [6.07, 6.45) is -2.37. The lowest BCUT2D eigenvalue weighted by molar-refractivity contribution is -0.187. The van der Waals surface area contributed by atoms with E-state index >= 15 is 0 Å². The Morgan fingerprint density at radius 2 is 2.00 bits per heavy atom. The molecule has 1 aliphatic rings. The van der Waals surface area contributed by atoms with E-state index in [2.05, 4.69) is 10.4 Å². The van der Waals surface area contributed by atoms with E-state index in [1.54, 1.807) is 10.7 Å². The number of carbonyl (C=O) groups is 2. The minimum absolute atomic E-state index is 0.00595. The number of hydrogen-bond acceptors (Lipinski definition) is 3. The van der Waals surface area contributed by atoms with Crippen molar-refractivity contribution in [3.63, 3.8) is 0 Å². The van der Waals surface area contributed by atoms with Crippen LogP contribution >= 0.6 is 0 Å². The van der Waals surface area contributed by atoms with E-state index in [0.29, 0.717) is 11.7 Å². The molecule has 1 saturated heterocycles. The number of halogens is 3. The summed E-state index contributed by atoms with van der Waals surface area (Å²) in [4.78, 5) is 24.4. The summed E-state index contributed by atoms with van der Waals surface area (Å²) < 4.78 is 40.7. The lowest BCUT2D eigenvalue weighted by atomic mass is 9.96. The second-order valence-electron chi connectivity index (χ2n) is 7.07. The number of amides is 2. The molecule has 1 unspecified atom stereocenters. The maximum atomic E-state index is 13.0. The average molecular weight is 376 g/mol. The van der Waals surface area contributed by atoms with Gasteiger partial charge in [0.15, 0.2) is 0 Å². The number of anilines is 1. The zero-order valence-electron chi connectivity index (χ0n) is 14.8. The van der Waals surface area contributed by atoms with Crippen molar-refractivity contribution in [2.75, 3.05) is 18.4 Å². The standard InChI is InChI=1S/C16H23F3N4O3/c1-9(2)6-10(3)23-13(4-5-20-23)21-15(26)22-7-11(14(24)25)12(8-22)16(17,18)19/h4-5,9-12H,6-8H2,1-3H3,(H,21,26)(H,24,25)/t10?,11-,12-/m1/s1. The third-order valence-electron chi connectivity index (χ3n) is 4.48. The Morgan fingerprint density at radius 1 is 1.35 bits per heavy atom. The van der Waals surface area contributed by atoms with E-state index < -0.39 is 43.1 Å². The van der Waals surface area contributed by atoms with Crippen LogP contribution in [0, 0.1) is 17.8 Å². The van der Waals surface area contributed by atoms with Crippen LogP contribution in [0.5, 0.6) is 0 Å². The molecule has 7 nitrogen and oxygen atoms in total. The lowest BCUT2D eigenvalue weighted by Gasteiger charge is -2.21. The van der Waals surface area contributed by atoms with Gasteiger partial charge in [0.05, 0.1) is 24.1 Å². The second-order valence-corrected chi connectivity index (χ2v) is 7.07. The van der Waals surface area contributed by atoms with Crippen molar-refractivity contribution in [1.29, 1.82) is 0 Å². The minimum Gasteiger partial charge on any atom is -0.481 e. The molecule has 0 bridgehead atoms. The lowest BCUT2D eigenvalue weighted by Crippen LogP contribution is -2.35. The molecule has 1 aliphatic heterocycles. The van der Waals surface area contributed by atoms with Gasteiger partial charge < -0.3 is 10.0 Å². The number of carboxylic acid groups (broad SMARTS) is 1. The predicted octanol–water partition coefficient (Wildman–Crippen LogP) is 3.22. The Hall–Kier alpha value is -2.26. The topological polar surface area (TPSA) is 87.5 Å². The Labute approximate surface area is 149 Å². The molecule has 10 heteroatoms. The van der Waals surface area contributed by atoms with E-state index in [4.69, 9.17) is 5.11 Å². The fourth-order valence-electron chi connectivity index (χ4n) is 3.29. The van der Waals surface area contributed by atoms with Crippen molar-refractivity contribution in [2.45, 2.75) is 39.4 Å². The molecular weight excluding hydrogens is 353 g/mol. The number of hydrogen-bond donors (Lipinski definition) is 2. The van der Waals surface area contributed by atoms with Gasteiger partial charge in [-0.05, 0) is 19.3 Å². The minimum atomic E-state index is -4.67. The zero-order chi connectivity index (χ0) is 19.6. The highest BCUT2D eigenvalue weighted by molar-refractivity contribution is 5.89. The van der Waals surface area contributed by atoms with Gasteiger partial charge in [-0.1, -0.05) is 13.8 Å². The first kappa shape index (κ1) is 20.1. The van der Waals surface area contributed by atoms with Gasteiger partial charge in [0, 0.05) is 19.2 Å². The fraction of sp³-hybridized carbons (Fsp3) is 0.688. The summed E-state index contributed by atoms with van der Waals surface area (Å²) in [6.45, 7) is 4.86. The molecule has 0 saturated carbocycles. The van der Waals surface area contributed by atoms with Crippen LogP contribution in [0.1, 0.15) is 33.2 Å².